The monoisotopic (exact) mass is 524 g/mol. The fourth-order valence-corrected chi connectivity index (χ4v) is 4.74. The van der Waals surface area contributed by atoms with Crippen LogP contribution < -0.4 is 9.47 Å². The van der Waals surface area contributed by atoms with Gasteiger partial charge in [-0.05, 0) is 91.6 Å². The molecule has 6 heteroatoms. The molecule has 0 fully saturated rings. The van der Waals surface area contributed by atoms with E-state index in [1.165, 1.54) is 18.6 Å². The van der Waals surface area contributed by atoms with Crippen molar-refractivity contribution in [3.05, 3.63) is 95.1 Å². The van der Waals surface area contributed by atoms with E-state index in [2.05, 4.69) is 37.4 Å². The molecule has 6 nitrogen and oxygen atoms in total. The van der Waals surface area contributed by atoms with Gasteiger partial charge in [0.1, 0.15) is 17.6 Å². The zero-order chi connectivity index (χ0) is 28.4. The number of fused-ring (bicyclic) bond motifs is 1. The van der Waals surface area contributed by atoms with E-state index in [0.717, 1.165) is 46.2 Å². The van der Waals surface area contributed by atoms with Crippen LogP contribution in [0.5, 0.6) is 11.5 Å². The summed E-state index contributed by atoms with van der Waals surface area (Å²) in [5.74, 6) is -0.901. The van der Waals surface area contributed by atoms with Crippen molar-refractivity contribution in [2.75, 3.05) is 0 Å². The lowest BCUT2D eigenvalue weighted by Gasteiger charge is -2.17. The van der Waals surface area contributed by atoms with Crippen LogP contribution >= 0.6 is 0 Å². The van der Waals surface area contributed by atoms with E-state index < -0.39 is 11.9 Å². The number of benzene rings is 3. The Morgan fingerprint density at radius 1 is 0.769 bits per heavy atom. The van der Waals surface area contributed by atoms with Gasteiger partial charge in [-0.2, -0.15) is 0 Å². The predicted molar refractivity (Wildman–Crippen MR) is 151 cm³/mol. The molecular weight excluding hydrogens is 492 g/mol. The molecule has 0 spiro atoms. The second-order valence-electron chi connectivity index (χ2n) is 10.0. The Kier molecular flexibility index (Phi) is 7.86. The van der Waals surface area contributed by atoms with E-state index >= 15 is 0 Å². The number of hydrogen-bond acceptors (Lipinski definition) is 6. The number of ether oxygens (including phenoxy) is 3. The van der Waals surface area contributed by atoms with Gasteiger partial charge in [0.15, 0.2) is 0 Å². The van der Waals surface area contributed by atoms with Gasteiger partial charge >= 0.3 is 17.9 Å². The Balaban J connectivity index is 1.72. The highest BCUT2D eigenvalue weighted by Crippen LogP contribution is 2.41. The first-order valence-corrected chi connectivity index (χ1v) is 12.8. The standard InChI is InChI=1S/C33H32O6/c1-18(2)32(35)38-25-10-12-27(31(17-25)39-33(36)19(3)4)29-15-20(5)28(14-21(29)6)24-8-11-26-23(16-24)9-13-30(26)37-22(7)34/h8,10-12,14-17,30H,1,3,9,13H2,2,4-7H3. The third kappa shape index (κ3) is 6.01. The van der Waals surface area contributed by atoms with Gasteiger partial charge in [0.05, 0.1) is 0 Å². The summed E-state index contributed by atoms with van der Waals surface area (Å²) < 4.78 is 16.5. The smallest absolute Gasteiger partial charge is 0.338 e. The van der Waals surface area contributed by atoms with Crippen LogP contribution in [0.3, 0.4) is 0 Å². The highest BCUT2D eigenvalue weighted by atomic mass is 16.5. The quantitative estimate of drug-likeness (QED) is 0.186. The molecule has 1 aliphatic rings. The lowest BCUT2D eigenvalue weighted by Crippen LogP contribution is -2.11. The molecule has 0 aliphatic heterocycles. The molecule has 0 saturated carbocycles. The molecule has 3 aromatic rings. The lowest BCUT2D eigenvalue weighted by atomic mass is 9.90. The summed E-state index contributed by atoms with van der Waals surface area (Å²) in [6.07, 6.45) is 1.46. The molecule has 0 aromatic heterocycles. The fourth-order valence-electron chi connectivity index (χ4n) is 4.74. The summed E-state index contributed by atoms with van der Waals surface area (Å²) in [6.45, 7) is 15.9. The van der Waals surface area contributed by atoms with Crippen molar-refractivity contribution < 1.29 is 28.6 Å². The first-order valence-electron chi connectivity index (χ1n) is 12.8. The van der Waals surface area contributed by atoms with E-state index in [0.29, 0.717) is 5.56 Å². The van der Waals surface area contributed by atoms with Crippen LogP contribution in [0, 0.1) is 13.8 Å². The van der Waals surface area contributed by atoms with Crippen molar-refractivity contribution in [3.8, 4) is 33.8 Å². The minimum atomic E-state index is -0.573. The molecule has 0 amide bonds. The zero-order valence-corrected chi connectivity index (χ0v) is 23.0. The van der Waals surface area contributed by atoms with Gasteiger partial charge in [-0.25, -0.2) is 9.59 Å². The highest BCUT2D eigenvalue weighted by Gasteiger charge is 2.25. The number of esters is 3. The molecule has 0 bridgehead atoms. The number of carbonyl (C=O) groups is 3. The minimum absolute atomic E-state index is 0.185. The van der Waals surface area contributed by atoms with Gasteiger partial charge in [0.2, 0.25) is 0 Å². The van der Waals surface area contributed by atoms with Crippen molar-refractivity contribution in [2.24, 2.45) is 0 Å². The van der Waals surface area contributed by atoms with Crippen molar-refractivity contribution >= 4 is 17.9 Å². The fraction of sp³-hybridized carbons (Fsp3) is 0.242. The van der Waals surface area contributed by atoms with Gasteiger partial charge in [-0.15, -0.1) is 0 Å². The molecule has 0 radical (unpaired) electrons. The molecule has 3 aromatic carbocycles. The maximum Gasteiger partial charge on any atom is 0.338 e. The van der Waals surface area contributed by atoms with Crippen LogP contribution in [0.4, 0.5) is 0 Å². The second kappa shape index (κ2) is 11.1. The average Bonchev–Trinajstić information content (AvgIpc) is 3.26. The molecule has 0 heterocycles. The van der Waals surface area contributed by atoms with E-state index in [4.69, 9.17) is 14.2 Å². The predicted octanol–water partition coefficient (Wildman–Crippen LogP) is 7.15. The summed E-state index contributed by atoms with van der Waals surface area (Å²) in [5.41, 5.74) is 8.53. The van der Waals surface area contributed by atoms with Crippen LogP contribution in [0.1, 0.15) is 55.5 Å². The van der Waals surface area contributed by atoms with Crippen molar-refractivity contribution in [3.63, 3.8) is 0 Å². The Bertz CT molecular complexity index is 1530. The van der Waals surface area contributed by atoms with Gasteiger partial charge in [0, 0.05) is 29.7 Å². The largest absolute Gasteiger partial charge is 0.458 e. The van der Waals surface area contributed by atoms with E-state index in [9.17, 15) is 14.4 Å². The van der Waals surface area contributed by atoms with Gasteiger partial charge in [-0.3, -0.25) is 4.79 Å². The third-order valence-corrected chi connectivity index (χ3v) is 6.71. The van der Waals surface area contributed by atoms with Crippen LogP contribution in [0.2, 0.25) is 0 Å². The first-order chi connectivity index (χ1) is 18.4. The second-order valence-corrected chi connectivity index (χ2v) is 10.0. The van der Waals surface area contributed by atoms with Crippen LogP contribution in [-0.2, 0) is 25.5 Å². The molecule has 200 valence electrons. The number of rotatable bonds is 7. The molecule has 1 atom stereocenters. The van der Waals surface area contributed by atoms with E-state index in [1.54, 1.807) is 26.0 Å². The summed E-state index contributed by atoms with van der Waals surface area (Å²) >= 11 is 0. The molecule has 1 unspecified atom stereocenters. The molecule has 4 rings (SSSR count). The van der Waals surface area contributed by atoms with Crippen LogP contribution in [0.25, 0.3) is 22.3 Å². The summed E-state index contributed by atoms with van der Waals surface area (Å²) in [5, 5.41) is 0. The normalized spacial score (nSPS) is 13.8. The SMILES string of the molecule is C=C(C)C(=O)Oc1ccc(-c2cc(C)c(-c3ccc4c(c3)CCC4OC(C)=O)cc2C)c(OC(=O)C(=C)C)c1. The Hall–Kier alpha value is -4.45. The summed E-state index contributed by atoms with van der Waals surface area (Å²) in [4.78, 5) is 35.9. The van der Waals surface area contributed by atoms with Crippen molar-refractivity contribution in [1.82, 2.24) is 0 Å². The maximum absolute atomic E-state index is 12.4. The Morgan fingerprint density at radius 3 is 2.08 bits per heavy atom. The van der Waals surface area contributed by atoms with Crippen LogP contribution in [-0.4, -0.2) is 17.9 Å². The molecule has 0 saturated heterocycles. The molecule has 0 N–H and O–H groups in total. The Labute approximate surface area is 228 Å². The molecular formula is C33H32O6. The Morgan fingerprint density at radius 2 is 1.41 bits per heavy atom. The highest BCUT2D eigenvalue weighted by molar-refractivity contribution is 5.92. The van der Waals surface area contributed by atoms with Crippen LogP contribution in [0.15, 0.2) is 72.8 Å². The van der Waals surface area contributed by atoms with Crippen molar-refractivity contribution in [2.45, 2.75) is 53.6 Å². The maximum atomic E-state index is 12.4. The number of hydrogen-bond donors (Lipinski definition) is 0. The number of carbonyl (C=O) groups excluding carboxylic acids is 3. The van der Waals surface area contributed by atoms with E-state index in [1.807, 2.05) is 19.9 Å². The van der Waals surface area contributed by atoms with Crippen molar-refractivity contribution in [1.29, 1.82) is 0 Å². The third-order valence-electron chi connectivity index (χ3n) is 6.71. The van der Waals surface area contributed by atoms with Gasteiger partial charge in [-0.1, -0.05) is 43.5 Å². The van der Waals surface area contributed by atoms with Gasteiger partial charge in [0.25, 0.3) is 0 Å². The number of aryl methyl sites for hydroxylation is 3. The van der Waals surface area contributed by atoms with E-state index in [-0.39, 0.29) is 34.7 Å². The average molecular weight is 525 g/mol. The minimum Gasteiger partial charge on any atom is -0.458 e. The first kappa shape index (κ1) is 27.6. The lowest BCUT2D eigenvalue weighted by molar-refractivity contribution is -0.146. The topological polar surface area (TPSA) is 78.9 Å². The van der Waals surface area contributed by atoms with Gasteiger partial charge < -0.3 is 14.2 Å². The summed E-state index contributed by atoms with van der Waals surface area (Å²) in [6, 6.07) is 15.4. The molecule has 1 aliphatic carbocycles. The summed E-state index contributed by atoms with van der Waals surface area (Å²) in [7, 11) is 0. The molecule has 39 heavy (non-hydrogen) atoms. The zero-order valence-electron chi connectivity index (χ0n) is 23.0.